The van der Waals surface area contributed by atoms with Crippen molar-refractivity contribution in [1.82, 2.24) is 0 Å². The number of aryl methyl sites for hydroxylation is 1. The summed E-state index contributed by atoms with van der Waals surface area (Å²) in [6.45, 7) is 1.91. The molecule has 1 amide bonds. The lowest BCUT2D eigenvalue weighted by molar-refractivity contribution is -0.146. The molecule has 2 atom stereocenters. The Labute approximate surface area is 155 Å². The molecule has 1 aliphatic carbocycles. The molecule has 1 aromatic heterocycles. The van der Waals surface area contributed by atoms with E-state index in [-0.39, 0.29) is 5.91 Å². The van der Waals surface area contributed by atoms with E-state index in [4.69, 9.17) is 0 Å². The molecule has 2 aromatic rings. The molecule has 0 saturated carbocycles. The normalized spacial score (nSPS) is 18.9. The van der Waals surface area contributed by atoms with Gasteiger partial charge in [0.1, 0.15) is 11.1 Å². The molecular weight excluding hydrogens is 348 g/mol. The second-order valence-electron chi connectivity index (χ2n) is 6.20. The first-order chi connectivity index (χ1) is 12.5. The standard InChI is InChI=1S/C20H18N2O3S/c1-12-17(13-7-3-2-4-8-13)16(11-21)19(26-12)22-18(23)14-9-5-6-10-15(14)20(24)25/h2-8,14-15H,9-10H2,1H3,(H,22,23)(H,24,25). The largest absolute Gasteiger partial charge is 0.481 e. The second-order valence-corrected chi connectivity index (χ2v) is 7.42. The predicted octanol–water partition coefficient (Wildman–Crippen LogP) is 4.20. The Kier molecular flexibility index (Phi) is 5.19. The fourth-order valence-electron chi connectivity index (χ4n) is 3.27. The lowest BCUT2D eigenvalue weighted by Gasteiger charge is -2.23. The predicted molar refractivity (Wildman–Crippen MR) is 101 cm³/mol. The quantitative estimate of drug-likeness (QED) is 0.794. The average Bonchev–Trinajstić information content (AvgIpc) is 2.97. The van der Waals surface area contributed by atoms with Crippen molar-refractivity contribution in [2.45, 2.75) is 19.8 Å². The maximum absolute atomic E-state index is 12.7. The summed E-state index contributed by atoms with van der Waals surface area (Å²) in [5.41, 5.74) is 2.15. The SMILES string of the molecule is Cc1sc(NC(=O)C2CC=CCC2C(=O)O)c(C#N)c1-c1ccccc1. The van der Waals surface area contributed by atoms with Gasteiger partial charge in [-0.1, -0.05) is 42.5 Å². The molecule has 1 aliphatic rings. The van der Waals surface area contributed by atoms with Crippen LogP contribution in [-0.4, -0.2) is 17.0 Å². The van der Waals surface area contributed by atoms with Gasteiger partial charge in [0.05, 0.1) is 17.4 Å². The highest BCUT2D eigenvalue weighted by molar-refractivity contribution is 7.17. The van der Waals surface area contributed by atoms with E-state index in [0.717, 1.165) is 16.0 Å². The highest BCUT2D eigenvalue weighted by Gasteiger charge is 2.34. The Morgan fingerprint density at radius 2 is 1.85 bits per heavy atom. The van der Waals surface area contributed by atoms with Crippen LogP contribution >= 0.6 is 11.3 Å². The van der Waals surface area contributed by atoms with E-state index in [2.05, 4.69) is 11.4 Å². The zero-order chi connectivity index (χ0) is 18.7. The highest BCUT2D eigenvalue weighted by Crippen LogP contribution is 2.40. The number of aliphatic carboxylic acids is 1. The zero-order valence-corrected chi connectivity index (χ0v) is 15.0. The van der Waals surface area contributed by atoms with Gasteiger partial charge in [-0.15, -0.1) is 11.3 Å². The maximum atomic E-state index is 12.7. The van der Waals surface area contributed by atoms with E-state index in [1.807, 2.05) is 43.3 Å². The van der Waals surface area contributed by atoms with Crippen LogP contribution in [0.5, 0.6) is 0 Å². The third-order valence-corrected chi connectivity index (χ3v) is 5.60. The number of carbonyl (C=O) groups excluding carboxylic acids is 1. The molecular formula is C20H18N2O3S. The molecule has 0 fully saturated rings. The van der Waals surface area contributed by atoms with E-state index in [1.54, 1.807) is 6.08 Å². The molecule has 0 aliphatic heterocycles. The van der Waals surface area contributed by atoms with Crippen molar-refractivity contribution < 1.29 is 14.7 Å². The van der Waals surface area contributed by atoms with Crippen molar-refractivity contribution in [2.24, 2.45) is 11.8 Å². The summed E-state index contributed by atoms with van der Waals surface area (Å²) in [4.78, 5) is 25.1. The van der Waals surface area contributed by atoms with Gasteiger partial charge in [-0.05, 0) is 25.3 Å². The molecule has 0 bridgehead atoms. The monoisotopic (exact) mass is 366 g/mol. The van der Waals surface area contributed by atoms with Crippen LogP contribution in [0.25, 0.3) is 11.1 Å². The summed E-state index contributed by atoms with van der Waals surface area (Å²) in [5, 5.41) is 22.3. The fourth-order valence-corrected chi connectivity index (χ4v) is 4.30. The van der Waals surface area contributed by atoms with Crippen LogP contribution in [0.1, 0.15) is 23.3 Å². The molecule has 0 radical (unpaired) electrons. The average molecular weight is 366 g/mol. The van der Waals surface area contributed by atoms with E-state index in [0.29, 0.717) is 23.4 Å². The van der Waals surface area contributed by atoms with E-state index < -0.39 is 17.8 Å². The van der Waals surface area contributed by atoms with Gasteiger partial charge < -0.3 is 10.4 Å². The number of amides is 1. The van der Waals surface area contributed by atoms with Crippen molar-refractivity contribution >= 4 is 28.2 Å². The number of carbonyl (C=O) groups is 2. The topological polar surface area (TPSA) is 90.2 Å². The van der Waals surface area contributed by atoms with Gasteiger partial charge in [-0.3, -0.25) is 9.59 Å². The minimum atomic E-state index is -0.970. The van der Waals surface area contributed by atoms with Crippen molar-refractivity contribution in [3.05, 3.63) is 52.9 Å². The number of nitrogens with one attached hydrogen (secondary N) is 1. The number of benzene rings is 1. The van der Waals surface area contributed by atoms with Crippen molar-refractivity contribution in [3.63, 3.8) is 0 Å². The van der Waals surface area contributed by atoms with Gasteiger partial charge >= 0.3 is 5.97 Å². The summed E-state index contributed by atoms with van der Waals surface area (Å²) in [6, 6.07) is 11.7. The van der Waals surface area contributed by atoms with Crippen LogP contribution in [0.2, 0.25) is 0 Å². The van der Waals surface area contributed by atoms with E-state index in [9.17, 15) is 20.0 Å². The smallest absolute Gasteiger partial charge is 0.307 e. The number of hydrogen-bond acceptors (Lipinski definition) is 4. The molecule has 0 spiro atoms. The fraction of sp³-hybridized carbons (Fsp3) is 0.250. The van der Waals surface area contributed by atoms with Gasteiger partial charge in [-0.2, -0.15) is 5.26 Å². The summed E-state index contributed by atoms with van der Waals surface area (Å²) in [6.07, 6.45) is 4.37. The van der Waals surface area contributed by atoms with Gasteiger partial charge in [0, 0.05) is 10.4 Å². The second kappa shape index (κ2) is 7.54. The maximum Gasteiger partial charge on any atom is 0.307 e. The van der Waals surface area contributed by atoms with E-state index in [1.165, 1.54) is 11.3 Å². The van der Waals surface area contributed by atoms with Crippen molar-refractivity contribution in [3.8, 4) is 17.2 Å². The number of carboxylic acids is 1. The number of rotatable bonds is 4. The summed E-state index contributed by atoms with van der Waals surface area (Å²) in [5.74, 6) is -2.69. The van der Waals surface area contributed by atoms with Gasteiger partial charge in [0.2, 0.25) is 5.91 Å². The molecule has 3 rings (SSSR count). The Bertz CT molecular complexity index is 909. The van der Waals surface area contributed by atoms with Gasteiger partial charge in [-0.25, -0.2) is 0 Å². The Morgan fingerprint density at radius 1 is 1.19 bits per heavy atom. The van der Waals surface area contributed by atoms with Crippen molar-refractivity contribution in [1.29, 1.82) is 5.26 Å². The Balaban J connectivity index is 1.91. The first kappa shape index (κ1) is 17.9. The van der Waals surface area contributed by atoms with Crippen LogP contribution < -0.4 is 5.32 Å². The number of anilines is 1. The lowest BCUT2D eigenvalue weighted by atomic mass is 9.82. The van der Waals surface area contributed by atoms with Crippen LogP contribution in [0, 0.1) is 30.1 Å². The first-order valence-corrected chi connectivity index (χ1v) is 9.12. The minimum Gasteiger partial charge on any atom is -0.481 e. The van der Waals surface area contributed by atoms with Crippen LogP contribution in [-0.2, 0) is 9.59 Å². The molecule has 132 valence electrons. The van der Waals surface area contributed by atoms with Crippen LogP contribution in [0.15, 0.2) is 42.5 Å². The minimum absolute atomic E-state index is 0.345. The highest BCUT2D eigenvalue weighted by atomic mass is 32.1. The number of nitriles is 1. The number of nitrogens with zero attached hydrogens (tertiary/aromatic N) is 1. The molecule has 26 heavy (non-hydrogen) atoms. The molecule has 2 N–H and O–H groups in total. The molecule has 1 aromatic carbocycles. The Morgan fingerprint density at radius 3 is 2.46 bits per heavy atom. The molecule has 1 heterocycles. The van der Waals surface area contributed by atoms with Crippen LogP contribution in [0.4, 0.5) is 5.00 Å². The molecule has 5 nitrogen and oxygen atoms in total. The van der Waals surface area contributed by atoms with Gasteiger partial charge in [0.15, 0.2) is 0 Å². The van der Waals surface area contributed by atoms with Crippen molar-refractivity contribution in [2.75, 3.05) is 5.32 Å². The van der Waals surface area contributed by atoms with E-state index >= 15 is 0 Å². The zero-order valence-electron chi connectivity index (χ0n) is 14.2. The van der Waals surface area contributed by atoms with Gasteiger partial charge in [0.25, 0.3) is 0 Å². The third kappa shape index (κ3) is 3.39. The number of thiophene rings is 1. The number of allylic oxidation sites excluding steroid dienone is 2. The molecule has 0 saturated heterocycles. The Hall–Kier alpha value is -2.91. The molecule has 6 heteroatoms. The number of hydrogen-bond donors (Lipinski definition) is 2. The lowest BCUT2D eigenvalue weighted by Crippen LogP contribution is -2.34. The van der Waals surface area contributed by atoms with Crippen LogP contribution in [0.3, 0.4) is 0 Å². The number of carboxylic acid groups (broad SMARTS) is 1. The first-order valence-electron chi connectivity index (χ1n) is 8.30. The summed E-state index contributed by atoms with van der Waals surface area (Å²) >= 11 is 1.34. The summed E-state index contributed by atoms with van der Waals surface area (Å²) in [7, 11) is 0. The summed E-state index contributed by atoms with van der Waals surface area (Å²) < 4.78 is 0. The third-order valence-electron chi connectivity index (χ3n) is 4.58. The molecule has 2 unspecified atom stereocenters.